The highest BCUT2D eigenvalue weighted by atomic mass is 32.1. The summed E-state index contributed by atoms with van der Waals surface area (Å²) in [5, 5.41) is 0. The highest BCUT2D eigenvalue weighted by Gasteiger charge is 2.26. The molecule has 4 rings (SSSR count). The maximum atomic E-state index is 4.59. The Morgan fingerprint density at radius 3 is 2.33 bits per heavy atom. The summed E-state index contributed by atoms with van der Waals surface area (Å²) in [7, 11) is 0. The largest absolute Gasteiger partial charge is 0.236 e. The zero-order valence-electron chi connectivity index (χ0n) is 16.7. The van der Waals surface area contributed by atoms with Crippen LogP contribution in [0.4, 0.5) is 0 Å². The molecular formula is C23H30N2S2. The second kappa shape index (κ2) is 8.40. The van der Waals surface area contributed by atoms with E-state index in [1.165, 1.54) is 51.9 Å². The third-order valence-electron chi connectivity index (χ3n) is 6.32. The van der Waals surface area contributed by atoms with Crippen LogP contribution in [0, 0.1) is 11.8 Å². The van der Waals surface area contributed by atoms with Crippen molar-refractivity contribution < 1.29 is 0 Å². The number of aromatic nitrogens is 2. The number of aryl methyl sites for hydroxylation is 1. The third-order valence-corrected chi connectivity index (χ3v) is 8.81. The molecule has 0 saturated heterocycles. The first kappa shape index (κ1) is 19.1. The van der Waals surface area contributed by atoms with Crippen LogP contribution in [0.1, 0.15) is 75.7 Å². The number of rotatable bonds is 6. The summed E-state index contributed by atoms with van der Waals surface area (Å²) in [4.78, 5) is 12.0. The van der Waals surface area contributed by atoms with Crippen LogP contribution in [-0.2, 0) is 6.42 Å². The Morgan fingerprint density at radius 1 is 1.00 bits per heavy atom. The number of hydrogen-bond donors (Lipinski definition) is 0. The molecule has 144 valence electrons. The van der Waals surface area contributed by atoms with Gasteiger partial charge in [-0.15, -0.1) is 22.7 Å². The van der Waals surface area contributed by atoms with E-state index in [9.17, 15) is 0 Å². The lowest BCUT2D eigenvalue weighted by molar-refractivity contribution is 0.246. The van der Waals surface area contributed by atoms with Crippen molar-refractivity contribution in [3.63, 3.8) is 0 Å². The molecule has 2 nitrogen and oxygen atoms in total. The minimum Gasteiger partial charge on any atom is -0.236 e. The van der Waals surface area contributed by atoms with Crippen LogP contribution in [0.2, 0.25) is 0 Å². The van der Waals surface area contributed by atoms with Gasteiger partial charge in [0.15, 0.2) is 5.82 Å². The summed E-state index contributed by atoms with van der Waals surface area (Å²) in [6, 6.07) is 4.74. The summed E-state index contributed by atoms with van der Waals surface area (Å²) in [6.45, 7) is 6.98. The molecule has 1 aliphatic carbocycles. The van der Waals surface area contributed by atoms with Crippen LogP contribution >= 0.6 is 22.7 Å². The minimum absolute atomic E-state index is 0.695. The monoisotopic (exact) mass is 398 g/mol. The van der Waals surface area contributed by atoms with Gasteiger partial charge in [-0.1, -0.05) is 46.5 Å². The van der Waals surface area contributed by atoms with E-state index in [4.69, 9.17) is 0 Å². The molecule has 0 aliphatic heterocycles. The number of thiophene rings is 2. The van der Waals surface area contributed by atoms with Crippen molar-refractivity contribution in [1.29, 1.82) is 0 Å². The predicted molar refractivity (Wildman–Crippen MR) is 119 cm³/mol. The van der Waals surface area contributed by atoms with E-state index in [1.807, 2.05) is 35.1 Å². The SMILES string of the molecule is CCCc1cnc(-c2cc3sc(C(C)C4CCC(CC)CC4)cc3s2)nc1. The Kier molecular flexibility index (Phi) is 5.93. The molecule has 0 N–H and O–H groups in total. The molecule has 0 bridgehead atoms. The molecule has 1 aliphatic rings. The van der Waals surface area contributed by atoms with Gasteiger partial charge < -0.3 is 0 Å². The van der Waals surface area contributed by atoms with Crippen molar-refractivity contribution in [2.24, 2.45) is 11.8 Å². The Morgan fingerprint density at radius 2 is 1.70 bits per heavy atom. The quantitative estimate of drug-likeness (QED) is 0.425. The lowest BCUT2D eigenvalue weighted by atomic mass is 9.75. The van der Waals surface area contributed by atoms with Gasteiger partial charge in [0.05, 0.1) is 4.88 Å². The van der Waals surface area contributed by atoms with Gasteiger partial charge in [-0.25, -0.2) is 9.97 Å². The van der Waals surface area contributed by atoms with Gasteiger partial charge in [0, 0.05) is 26.7 Å². The third kappa shape index (κ3) is 4.12. The molecule has 1 saturated carbocycles. The normalized spacial score (nSPS) is 21.6. The van der Waals surface area contributed by atoms with Crippen molar-refractivity contribution in [3.8, 4) is 10.7 Å². The lowest BCUT2D eigenvalue weighted by Crippen LogP contribution is -2.18. The Bertz CT molecular complexity index is 838. The fraction of sp³-hybridized carbons (Fsp3) is 0.565. The molecule has 0 spiro atoms. The summed E-state index contributed by atoms with van der Waals surface area (Å²) in [6.07, 6.45) is 13.2. The van der Waals surface area contributed by atoms with E-state index in [2.05, 4.69) is 42.9 Å². The summed E-state index contributed by atoms with van der Waals surface area (Å²) < 4.78 is 2.81. The van der Waals surface area contributed by atoms with E-state index in [-0.39, 0.29) is 0 Å². The molecule has 27 heavy (non-hydrogen) atoms. The molecular weight excluding hydrogens is 368 g/mol. The number of fused-ring (bicyclic) bond motifs is 1. The Balaban J connectivity index is 1.48. The maximum Gasteiger partial charge on any atom is 0.169 e. The topological polar surface area (TPSA) is 25.8 Å². The molecule has 3 aromatic rings. The molecule has 0 aromatic carbocycles. The fourth-order valence-electron chi connectivity index (χ4n) is 4.42. The average Bonchev–Trinajstić information content (AvgIpc) is 3.28. The van der Waals surface area contributed by atoms with E-state index < -0.39 is 0 Å². The Hall–Kier alpha value is -1.26. The van der Waals surface area contributed by atoms with E-state index in [1.54, 1.807) is 4.88 Å². The zero-order chi connectivity index (χ0) is 18.8. The van der Waals surface area contributed by atoms with Crippen LogP contribution in [0.5, 0.6) is 0 Å². The van der Waals surface area contributed by atoms with Gasteiger partial charge in [-0.05, 0) is 54.7 Å². The highest BCUT2D eigenvalue weighted by molar-refractivity contribution is 7.29. The molecule has 0 amide bonds. The lowest BCUT2D eigenvalue weighted by Gasteiger charge is -2.31. The second-order valence-electron chi connectivity index (χ2n) is 8.13. The molecule has 3 heterocycles. The van der Waals surface area contributed by atoms with Crippen molar-refractivity contribution in [2.75, 3.05) is 0 Å². The van der Waals surface area contributed by atoms with Gasteiger partial charge in [0.2, 0.25) is 0 Å². The van der Waals surface area contributed by atoms with Crippen LogP contribution in [0.3, 0.4) is 0 Å². The van der Waals surface area contributed by atoms with Gasteiger partial charge in [-0.2, -0.15) is 0 Å². The first-order valence-corrected chi connectivity index (χ1v) is 12.2. The summed E-state index contributed by atoms with van der Waals surface area (Å²) in [5.74, 6) is 3.41. The molecule has 3 aromatic heterocycles. The number of hydrogen-bond acceptors (Lipinski definition) is 4. The molecule has 4 heteroatoms. The molecule has 1 fully saturated rings. The number of nitrogens with zero attached hydrogens (tertiary/aromatic N) is 2. The van der Waals surface area contributed by atoms with Crippen molar-refractivity contribution in [3.05, 3.63) is 35.0 Å². The van der Waals surface area contributed by atoms with Crippen molar-refractivity contribution >= 4 is 32.1 Å². The van der Waals surface area contributed by atoms with Crippen molar-refractivity contribution in [1.82, 2.24) is 9.97 Å². The summed E-state index contributed by atoms with van der Waals surface area (Å²) >= 11 is 3.83. The van der Waals surface area contributed by atoms with E-state index >= 15 is 0 Å². The first-order chi connectivity index (χ1) is 13.2. The Labute approximate surface area is 171 Å². The van der Waals surface area contributed by atoms with Gasteiger partial charge >= 0.3 is 0 Å². The predicted octanol–water partition coefficient (Wildman–Crippen LogP) is 7.69. The molecule has 0 radical (unpaired) electrons. The zero-order valence-corrected chi connectivity index (χ0v) is 18.3. The van der Waals surface area contributed by atoms with Gasteiger partial charge in [-0.3, -0.25) is 0 Å². The van der Waals surface area contributed by atoms with Crippen LogP contribution in [0.25, 0.3) is 20.1 Å². The summed E-state index contributed by atoms with van der Waals surface area (Å²) in [5.41, 5.74) is 1.23. The van der Waals surface area contributed by atoms with Gasteiger partial charge in [0.1, 0.15) is 0 Å². The van der Waals surface area contributed by atoms with Crippen LogP contribution < -0.4 is 0 Å². The highest BCUT2D eigenvalue weighted by Crippen LogP contribution is 2.44. The molecule has 1 atom stereocenters. The smallest absolute Gasteiger partial charge is 0.169 e. The minimum atomic E-state index is 0.695. The van der Waals surface area contributed by atoms with E-state index in [0.717, 1.165) is 30.5 Å². The maximum absolute atomic E-state index is 4.59. The van der Waals surface area contributed by atoms with Crippen LogP contribution in [0.15, 0.2) is 24.5 Å². The van der Waals surface area contributed by atoms with Crippen LogP contribution in [-0.4, -0.2) is 9.97 Å². The first-order valence-electron chi connectivity index (χ1n) is 10.5. The second-order valence-corrected chi connectivity index (χ2v) is 10.3. The van der Waals surface area contributed by atoms with Crippen molar-refractivity contribution in [2.45, 2.75) is 71.6 Å². The van der Waals surface area contributed by atoms with Gasteiger partial charge in [0.25, 0.3) is 0 Å². The van der Waals surface area contributed by atoms with E-state index in [0.29, 0.717) is 5.92 Å². The molecule has 1 unspecified atom stereocenters. The standard InChI is InChI=1S/C23H30N2S2/c1-4-6-17-13-24-23(25-14-17)22-12-21-20(27-22)11-19(26-21)15(3)18-9-7-16(5-2)8-10-18/h11-16,18H,4-10H2,1-3H3. The average molecular weight is 399 g/mol. The fourth-order valence-corrected chi connectivity index (χ4v) is 6.92.